The molecule has 0 spiro atoms. The lowest BCUT2D eigenvalue weighted by Gasteiger charge is -2.13. The van der Waals surface area contributed by atoms with Gasteiger partial charge >= 0.3 is 0 Å². The van der Waals surface area contributed by atoms with Gasteiger partial charge in [-0.3, -0.25) is 4.68 Å². The first-order valence-electron chi connectivity index (χ1n) is 6.67. The lowest BCUT2D eigenvalue weighted by Crippen LogP contribution is -2.04. The summed E-state index contributed by atoms with van der Waals surface area (Å²) in [6, 6.07) is 6.12. The number of ether oxygens (including phenoxy) is 1. The third kappa shape index (κ3) is 3.41. The summed E-state index contributed by atoms with van der Waals surface area (Å²) >= 11 is 3.57. The van der Waals surface area contributed by atoms with E-state index >= 15 is 0 Å². The van der Waals surface area contributed by atoms with E-state index < -0.39 is 0 Å². The predicted molar refractivity (Wildman–Crippen MR) is 84.8 cm³/mol. The maximum Gasteiger partial charge on any atom is 0.0744 e. The Morgan fingerprint density at radius 2 is 2.20 bits per heavy atom. The summed E-state index contributed by atoms with van der Waals surface area (Å²) in [7, 11) is 3.66. The van der Waals surface area contributed by atoms with Gasteiger partial charge in [0, 0.05) is 48.2 Å². The molecule has 2 aromatic rings. The van der Waals surface area contributed by atoms with E-state index in [9.17, 15) is 0 Å². The number of hydrogen-bond donors (Lipinski definition) is 1. The number of methoxy groups -OCH3 is 1. The number of nitrogens with one attached hydrogen (secondary N) is 1. The van der Waals surface area contributed by atoms with E-state index in [-0.39, 0.29) is 0 Å². The molecule has 0 atom stereocenters. The highest BCUT2D eigenvalue weighted by Crippen LogP contribution is 2.26. The van der Waals surface area contributed by atoms with Crippen molar-refractivity contribution in [3.05, 3.63) is 45.7 Å². The Morgan fingerprint density at radius 3 is 2.90 bits per heavy atom. The summed E-state index contributed by atoms with van der Waals surface area (Å²) in [4.78, 5) is 0. The van der Waals surface area contributed by atoms with E-state index in [4.69, 9.17) is 4.74 Å². The third-order valence-electron chi connectivity index (χ3n) is 3.20. The van der Waals surface area contributed by atoms with Crippen molar-refractivity contribution in [2.24, 2.45) is 7.05 Å². The largest absolute Gasteiger partial charge is 0.381 e. The molecule has 0 aliphatic carbocycles. The van der Waals surface area contributed by atoms with Crippen molar-refractivity contribution in [1.29, 1.82) is 0 Å². The van der Waals surface area contributed by atoms with Gasteiger partial charge in [0.15, 0.2) is 0 Å². The van der Waals surface area contributed by atoms with E-state index in [1.165, 1.54) is 5.56 Å². The van der Waals surface area contributed by atoms with Crippen molar-refractivity contribution in [3.63, 3.8) is 0 Å². The van der Waals surface area contributed by atoms with E-state index in [0.717, 1.165) is 34.4 Å². The molecule has 108 valence electrons. The molecular formula is C15H20BrN3O. The average molecular weight is 338 g/mol. The number of nitrogens with zero attached hydrogens (tertiary/aromatic N) is 2. The molecule has 0 radical (unpaired) electrons. The van der Waals surface area contributed by atoms with Gasteiger partial charge in [0.25, 0.3) is 0 Å². The highest BCUT2D eigenvalue weighted by atomic mass is 79.9. The van der Waals surface area contributed by atoms with Crippen molar-refractivity contribution in [3.8, 4) is 0 Å². The third-order valence-corrected chi connectivity index (χ3v) is 3.95. The summed E-state index contributed by atoms with van der Waals surface area (Å²) < 4.78 is 8.19. The van der Waals surface area contributed by atoms with Crippen molar-refractivity contribution in [2.75, 3.05) is 12.4 Å². The Balaban J connectivity index is 2.16. The van der Waals surface area contributed by atoms with Crippen LogP contribution < -0.4 is 5.32 Å². The van der Waals surface area contributed by atoms with E-state index in [1.807, 2.05) is 23.9 Å². The molecule has 0 saturated carbocycles. The molecule has 1 aromatic carbocycles. The summed E-state index contributed by atoms with van der Waals surface area (Å²) in [6.07, 6.45) is 3.01. The zero-order valence-corrected chi connectivity index (χ0v) is 13.7. The zero-order valence-electron chi connectivity index (χ0n) is 12.1. The lowest BCUT2D eigenvalue weighted by atomic mass is 10.1. The molecule has 1 aromatic heterocycles. The molecule has 0 amide bonds. The molecule has 0 bridgehead atoms. The second kappa shape index (κ2) is 6.90. The van der Waals surface area contributed by atoms with Crippen LogP contribution in [0.5, 0.6) is 0 Å². The lowest BCUT2D eigenvalue weighted by molar-refractivity contribution is 0.185. The first kappa shape index (κ1) is 15.1. The standard InChI is InChI=1S/C15H20BrN3O/c1-4-14-11(9-19(2)18-14)8-17-15-7-5-6-13(16)12(15)10-20-3/h5-7,9,17H,4,8,10H2,1-3H3. The van der Waals surface area contributed by atoms with Crippen molar-refractivity contribution >= 4 is 21.6 Å². The molecule has 5 heteroatoms. The number of halogens is 1. The number of aromatic nitrogens is 2. The van der Waals surface area contributed by atoms with Crippen LogP contribution in [0, 0.1) is 0 Å². The van der Waals surface area contributed by atoms with Gasteiger partial charge in [0.05, 0.1) is 12.3 Å². The quantitative estimate of drug-likeness (QED) is 0.876. The van der Waals surface area contributed by atoms with Gasteiger partial charge in [-0.2, -0.15) is 5.10 Å². The normalized spacial score (nSPS) is 10.8. The van der Waals surface area contributed by atoms with Crippen LogP contribution >= 0.6 is 15.9 Å². The molecule has 0 fully saturated rings. The molecule has 0 aliphatic rings. The number of anilines is 1. The molecule has 20 heavy (non-hydrogen) atoms. The Labute approximate surface area is 128 Å². The second-order valence-electron chi connectivity index (χ2n) is 4.68. The zero-order chi connectivity index (χ0) is 14.5. The molecule has 1 N–H and O–H groups in total. The van der Waals surface area contributed by atoms with Gasteiger partial charge in [-0.15, -0.1) is 0 Å². The fourth-order valence-electron chi connectivity index (χ4n) is 2.23. The Bertz CT molecular complexity index is 580. The van der Waals surface area contributed by atoms with Crippen LogP contribution in [0.4, 0.5) is 5.69 Å². The first-order valence-corrected chi connectivity index (χ1v) is 7.46. The number of rotatable bonds is 6. The number of aryl methyl sites for hydroxylation is 2. The van der Waals surface area contributed by atoms with Gasteiger partial charge in [0.2, 0.25) is 0 Å². The van der Waals surface area contributed by atoms with Crippen molar-refractivity contribution in [2.45, 2.75) is 26.5 Å². The smallest absolute Gasteiger partial charge is 0.0744 e. The summed E-state index contributed by atoms with van der Waals surface area (Å²) in [5, 5.41) is 7.94. The SMILES string of the molecule is CCc1nn(C)cc1CNc1cccc(Br)c1COC. The Hall–Kier alpha value is -1.33. The second-order valence-corrected chi connectivity index (χ2v) is 5.54. The number of benzene rings is 1. The minimum absolute atomic E-state index is 0.581. The fraction of sp³-hybridized carbons (Fsp3) is 0.400. The van der Waals surface area contributed by atoms with Crippen LogP contribution in [0.15, 0.2) is 28.9 Å². The molecule has 4 nitrogen and oxygen atoms in total. The van der Waals surface area contributed by atoms with E-state index in [0.29, 0.717) is 6.61 Å². The van der Waals surface area contributed by atoms with Gasteiger partial charge in [-0.1, -0.05) is 28.9 Å². The minimum atomic E-state index is 0.581. The average Bonchev–Trinajstić information content (AvgIpc) is 2.80. The van der Waals surface area contributed by atoms with Crippen LogP contribution in [-0.2, 0) is 31.4 Å². The van der Waals surface area contributed by atoms with Crippen LogP contribution in [0.1, 0.15) is 23.7 Å². The maximum atomic E-state index is 5.26. The first-order chi connectivity index (χ1) is 9.65. The van der Waals surface area contributed by atoms with Crippen LogP contribution in [0.3, 0.4) is 0 Å². The van der Waals surface area contributed by atoms with Gasteiger partial charge in [-0.25, -0.2) is 0 Å². The van der Waals surface area contributed by atoms with Gasteiger partial charge in [-0.05, 0) is 18.6 Å². The highest BCUT2D eigenvalue weighted by Gasteiger charge is 2.09. The predicted octanol–water partition coefficient (Wildman–Crippen LogP) is 3.50. The topological polar surface area (TPSA) is 39.1 Å². The monoisotopic (exact) mass is 337 g/mol. The van der Waals surface area contributed by atoms with E-state index in [1.54, 1.807) is 7.11 Å². The molecule has 0 saturated heterocycles. The Morgan fingerprint density at radius 1 is 1.40 bits per heavy atom. The fourth-order valence-corrected chi connectivity index (χ4v) is 2.72. The van der Waals surface area contributed by atoms with Crippen LogP contribution in [0.2, 0.25) is 0 Å². The summed E-state index contributed by atoms with van der Waals surface area (Å²) in [6.45, 7) is 3.48. The minimum Gasteiger partial charge on any atom is -0.381 e. The van der Waals surface area contributed by atoms with Crippen LogP contribution in [0.25, 0.3) is 0 Å². The van der Waals surface area contributed by atoms with Crippen LogP contribution in [-0.4, -0.2) is 16.9 Å². The molecule has 0 unspecified atom stereocenters. The molecule has 1 heterocycles. The van der Waals surface area contributed by atoms with Crippen molar-refractivity contribution < 1.29 is 4.74 Å². The van der Waals surface area contributed by atoms with Gasteiger partial charge in [0.1, 0.15) is 0 Å². The van der Waals surface area contributed by atoms with Gasteiger partial charge < -0.3 is 10.1 Å². The van der Waals surface area contributed by atoms with E-state index in [2.05, 4.69) is 45.5 Å². The summed E-state index contributed by atoms with van der Waals surface area (Å²) in [5.74, 6) is 0. The number of hydrogen-bond acceptors (Lipinski definition) is 3. The van der Waals surface area contributed by atoms with Crippen molar-refractivity contribution in [1.82, 2.24) is 9.78 Å². The Kier molecular flexibility index (Phi) is 5.20. The maximum absolute atomic E-state index is 5.26. The summed E-state index contributed by atoms with van der Waals surface area (Å²) in [5.41, 5.74) is 4.60. The molecule has 2 rings (SSSR count). The highest BCUT2D eigenvalue weighted by molar-refractivity contribution is 9.10. The molecular weight excluding hydrogens is 318 g/mol. The molecule has 0 aliphatic heterocycles.